The Morgan fingerprint density at radius 1 is 1.00 bits per heavy atom. The SMILES string of the molecule is Cc1ccc(N(C(=O)c2snc(C(N)=O)c2N)C(C(=O)NCc2ccccc2)c2ccc(O)cc2)cc1. The van der Waals surface area contributed by atoms with E-state index in [0.29, 0.717) is 11.3 Å². The van der Waals surface area contributed by atoms with E-state index >= 15 is 0 Å². The number of aromatic hydroxyl groups is 1. The number of aromatic nitrogens is 1. The summed E-state index contributed by atoms with van der Waals surface area (Å²) < 4.78 is 3.95. The van der Waals surface area contributed by atoms with Crippen molar-refractivity contribution in [1.29, 1.82) is 0 Å². The number of rotatable bonds is 8. The van der Waals surface area contributed by atoms with Crippen molar-refractivity contribution in [2.75, 3.05) is 10.6 Å². The largest absolute Gasteiger partial charge is 0.508 e. The fourth-order valence-corrected chi connectivity index (χ4v) is 4.53. The molecule has 0 aliphatic heterocycles. The second-order valence-corrected chi connectivity index (χ2v) is 9.12. The van der Waals surface area contributed by atoms with E-state index in [9.17, 15) is 19.5 Å². The molecule has 1 aromatic heterocycles. The fourth-order valence-electron chi connectivity index (χ4n) is 3.78. The molecule has 6 N–H and O–H groups in total. The van der Waals surface area contributed by atoms with Gasteiger partial charge in [0.25, 0.3) is 11.8 Å². The maximum atomic E-state index is 14.0. The number of aryl methyl sites for hydroxylation is 1. The number of carbonyl (C=O) groups excluding carboxylic acids is 3. The van der Waals surface area contributed by atoms with Crippen LogP contribution in [0.25, 0.3) is 0 Å². The third kappa shape index (κ3) is 5.60. The maximum absolute atomic E-state index is 14.0. The van der Waals surface area contributed by atoms with Crippen molar-refractivity contribution in [2.45, 2.75) is 19.5 Å². The van der Waals surface area contributed by atoms with Crippen LogP contribution in [0.5, 0.6) is 5.75 Å². The molecule has 3 amide bonds. The summed E-state index contributed by atoms with van der Waals surface area (Å²) in [5.74, 6) is -1.93. The minimum Gasteiger partial charge on any atom is -0.508 e. The van der Waals surface area contributed by atoms with E-state index in [2.05, 4.69) is 9.69 Å². The average Bonchev–Trinajstić information content (AvgIpc) is 3.29. The molecule has 0 saturated heterocycles. The molecule has 0 bridgehead atoms. The van der Waals surface area contributed by atoms with Gasteiger partial charge in [-0.3, -0.25) is 19.3 Å². The first-order chi connectivity index (χ1) is 17.8. The number of carbonyl (C=O) groups is 3. The molecule has 9 nitrogen and oxygen atoms in total. The van der Waals surface area contributed by atoms with Crippen LogP contribution in [-0.4, -0.2) is 27.2 Å². The maximum Gasteiger partial charge on any atom is 0.273 e. The third-order valence-corrected chi connectivity index (χ3v) is 6.56. The van der Waals surface area contributed by atoms with Crippen molar-refractivity contribution in [1.82, 2.24) is 9.69 Å². The number of nitrogens with one attached hydrogen (secondary N) is 1. The Morgan fingerprint density at radius 2 is 1.65 bits per heavy atom. The lowest BCUT2D eigenvalue weighted by Gasteiger charge is -2.31. The minimum absolute atomic E-state index is 0.0122. The number of phenols is 1. The molecule has 4 rings (SSSR count). The summed E-state index contributed by atoms with van der Waals surface area (Å²) in [5, 5.41) is 12.8. The van der Waals surface area contributed by atoms with Crippen LogP contribution in [0.2, 0.25) is 0 Å². The quantitative estimate of drug-likeness (QED) is 0.282. The van der Waals surface area contributed by atoms with E-state index in [1.54, 1.807) is 24.3 Å². The monoisotopic (exact) mass is 515 g/mol. The predicted molar refractivity (Wildman–Crippen MR) is 142 cm³/mol. The van der Waals surface area contributed by atoms with Crippen LogP contribution in [-0.2, 0) is 11.3 Å². The highest BCUT2D eigenvalue weighted by Crippen LogP contribution is 2.33. The lowest BCUT2D eigenvalue weighted by Crippen LogP contribution is -2.44. The number of hydrogen-bond donors (Lipinski definition) is 4. The summed E-state index contributed by atoms with van der Waals surface area (Å²) in [7, 11) is 0. The number of amides is 3. The Bertz CT molecular complexity index is 1420. The van der Waals surface area contributed by atoms with Gasteiger partial charge in [0.2, 0.25) is 5.91 Å². The summed E-state index contributed by atoms with van der Waals surface area (Å²) >= 11 is 0.737. The van der Waals surface area contributed by atoms with Crippen LogP contribution in [0.3, 0.4) is 0 Å². The molecular weight excluding hydrogens is 490 g/mol. The number of nitrogen functional groups attached to an aromatic ring is 1. The number of hydrogen-bond acceptors (Lipinski definition) is 7. The summed E-state index contributed by atoms with van der Waals surface area (Å²) in [6.07, 6.45) is 0. The van der Waals surface area contributed by atoms with E-state index < -0.39 is 23.8 Å². The number of phenolic OH excluding ortho intramolecular Hbond substituents is 1. The predicted octanol–water partition coefficient (Wildman–Crippen LogP) is 3.54. The number of nitrogens with zero attached hydrogens (tertiary/aromatic N) is 2. The lowest BCUT2D eigenvalue weighted by molar-refractivity contribution is -0.122. The van der Waals surface area contributed by atoms with Crippen LogP contribution in [0, 0.1) is 6.92 Å². The van der Waals surface area contributed by atoms with Crippen molar-refractivity contribution >= 4 is 40.6 Å². The molecule has 188 valence electrons. The van der Waals surface area contributed by atoms with Gasteiger partial charge in [0.15, 0.2) is 5.69 Å². The van der Waals surface area contributed by atoms with Crippen molar-refractivity contribution in [3.8, 4) is 5.75 Å². The van der Waals surface area contributed by atoms with Crippen LogP contribution in [0.1, 0.15) is 42.9 Å². The van der Waals surface area contributed by atoms with Gasteiger partial charge in [-0.1, -0.05) is 60.2 Å². The van der Waals surface area contributed by atoms with E-state index in [1.807, 2.05) is 49.4 Å². The number of anilines is 2. The second-order valence-electron chi connectivity index (χ2n) is 8.35. The fraction of sp³-hybridized carbons (Fsp3) is 0.111. The highest BCUT2D eigenvalue weighted by molar-refractivity contribution is 7.09. The first-order valence-corrected chi connectivity index (χ1v) is 12.1. The number of primary amides is 1. The van der Waals surface area contributed by atoms with Gasteiger partial charge in [-0.2, -0.15) is 4.37 Å². The first kappa shape index (κ1) is 25.4. The molecule has 37 heavy (non-hydrogen) atoms. The molecule has 3 aromatic carbocycles. The Balaban J connectivity index is 1.82. The van der Waals surface area contributed by atoms with Gasteiger partial charge in [0.1, 0.15) is 16.7 Å². The molecule has 10 heteroatoms. The standard InChI is InChI=1S/C27H25N5O4S/c1-16-7-11-19(12-8-16)32(27(36)24-21(28)22(25(29)34)31-37-24)23(18-9-13-20(33)14-10-18)26(35)30-15-17-5-3-2-4-6-17/h2-14,23,33H,15,28H2,1H3,(H2,29,34)(H,30,35). The Kier molecular flexibility index (Phi) is 7.49. The van der Waals surface area contributed by atoms with Crippen LogP contribution < -0.4 is 21.7 Å². The van der Waals surface area contributed by atoms with Gasteiger partial charge in [-0.25, -0.2) is 0 Å². The zero-order valence-corrected chi connectivity index (χ0v) is 20.7. The van der Waals surface area contributed by atoms with Gasteiger partial charge in [-0.15, -0.1) is 0 Å². The minimum atomic E-state index is -1.14. The van der Waals surface area contributed by atoms with E-state index in [0.717, 1.165) is 22.7 Å². The highest BCUT2D eigenvalue weighted by Gasteiger charge is 2.36. The molecule has 0 saturated carbocycles. The van der Waals surface area contributed by atoms with E-state index in [-0.39, 0.29) is 28.6 Å². The molecule has 0 fully saturated rings. The highest BCUT2D eigenvalue weighted by atomic mass is 32.1. The van der Waals surface area contributed by atoms with Crippen LogP contribution in [0.15, 0.2) is 78.9 Å². The molecule has 0 spiro atoms. The average molecular weight is 516 g/mol. The van der Waals surface area contributed by atoms with Gasteiger partial charge in [0, 0.05) is 12.2 Å². The molecule has 0 aliphatic rings. The summed E-state index contributed by atoms with van der Waals surface area (Å²) in [6, 6.07) is 21.3. The Hall–Kier alpha value is -4.70. The van der Waals surface area contributed by atoms with E-state index in [1.165, 1.54) is 17.0 Å². The molecule has 1 heterocycles. The Morgan fingerprint density at radius 3 is 2.24 bits per heavy atom. The number of nitrogens with two attached hydrogens (primary N) is 2. The second kappa shape index (κ2) is 10.9. The zero-order valence-electron chi connectivity index (χ0n) is 19.9. The Labute approximate surface area is 217 Å². The van der Waals surface area contributed by atoms with Gasteiger partial charge in [0.05, 0.1) is 5.69 Å². The lowest BCUT2D eigenvalue weighted by atomic mass is 10.0. The topological polar surface area (TPSA) is 152 Å². The number of benzene rings is 3. The zero-order chi connectivity index (χ0) is 26.5. The van der Waals surface area contributed by atoms with Crippen molar-refractivity contribution in [2.24, 2.45) is 5.73 Å². The van der Waals surface area contributed by atoms with Crippen molar-refractivity contribution in [3.63, 3.8) is 0 Å². The van der Waals surface area contributed by atoms with Crippen LogP contribution >= 0.6 is 11.5 Å². The summed E-state index contributed by atoms with van der Waals surface area (Å²) in [4.78, 5) is 40.7. The van der Waals surface area contributed by atoms with Gasteiger partial charge < -0.3 is 21.9 Å². The summed E-state index contributed by atoms with van der Waals surface area (Å²) in [5.41, 5.74) is 13.8. The molecule has 1 atom stereocenters. The molecule has 1 unspecified atom stereocenters. The van der Waals surface area contributed by atoms with Crippen LogP contribution in [0.4, 0.5) is 11.4 Å². The summed E-state index contributed by atoms with van der Waals surface area (Å²) in [6.45, 7) is 2.14. The molecular formula is C27H25N5O4S. The van der Waals surface area contributed by atoms with E-state index in [4.69, 9.17) is 11.5 Å². The van der Waals surface area contributed by atoms with Gasteiger partial charge in [-0.05, 0) is 53.8 Å². The van der Waals surface area contributed by atoms with Crippen molar-refractivity contribution in [3.05, 3.63) is 106 Å². The normalized spacial score (nSPS) is 11.5. The molecule has 0 radical (unpaired) electrons. The first-order valence-electron chi connectivity index (χ1n) is 11.3. The molecule has 0 aliphatic carbocycles. The third-order valence-electron chi connectivity index (χ3n) is 5.71. The molecule has 4 aromatic rings. The van der Waals surface area contributed by atoms with Crippen molar-refractivity contribution < 1.29 is 19.5 Å². The van der Waals surface area contributed by atoms with Gasteiger partial charge >= 0.3 is 0 Å². The smallest absolute Gasteiger partial charge is 0.273 e.